The van der Waals surface area contributed by atoms with E-state index in [1.54, 1.807) is 24.8 Å². The monoisotopic (exact) mass is 511 g/mol. The fraction of sp³-hybridized carbons (Fsp3) is 0.217. The Morgan fingerprint density at radius 1 is 1.28 bits per heavy atom. The second-order valence-electron chi connectivity index (χ2n) is 8.14. The summed E-state index contributed by atoms with van der Waals surface area (Å²) in [6, 6.07) is 4.90. The lowest BCUT2D eigenvalue weighted by Gasteiger charge is -2.26. The largest absolute Gasteiger partial charge is 0.480 e. The third-order valence-electron chi connectivity index (χ3n) is 6.02. The highest BCUT2D eigenvalue weighted by atomic mass is 32.2. The summed E-state index contributed by atoms with van der Waals surface area (Å²) in [7, 11) is -3.20. The number of rotatable bonds is 6. The summed E-state index contributed by atoms with van der Waals surface area (Å²) in [5, 5.41) is 9.10. The van der Waals surface area contributed by atoms with Gasteiger partial charge in [0, 0.05) is 42.3 Å². The van der Waals surface area contributed by atoms with Crippen LogP contribution in [0.4, 0.5) is 14.5 Å². The standard InChI is InChI=1S/C23H19F2N7O3S/c1-35-23-18(8-13(9-26)10-29-23)36(33,34)31-16-4-3-15(24)19(20(16)25)14-2-5-17-21(22-27-6-7-28-22)30-12-32(17)11-14/h3-4,6-8,10,12,14,31H,2,5,11H2,1H3,(H,27,28)/t14-/m0/s1. The Kier molecular flexibility index (Phi) is 5.89. The average molecular weight is 512 g/mol. The van der Waals surface area contributed by atoms with Crippen molar-refractivity contribution in [2.75, 3.05) is 11.8 Å². The van der Waals surface area contributed by atoms with E-state index in [9.17, 15) is 12.8 Å². The summed E-state index contributed by atoms with van der Waals surface area (Å²) in [4.78, 5) is 15.0. The predicted octanol–water partition coefficient (Wildman–Crippen LogP) is 3.36. The van der Waals surface area contributed by atoms with Gasteiger partial charge in [-0.2, -0.15) is 5.26 Å². The predicted molar refractivity (Wildman–Crippen MR) is 124 cm³/mol. The summed E-state index contributed by atoms with van der Waals surface area (Å²) in [6.45, 7) is 0.259. The summed E-state index contributed by atoms with van der Waals surface area (Å²) in [6.07, 6.45) is 6.98. The van der Waals surface area contributed by atoms with E-state index in [1.165, 1.54) is 7.11 Å². The lowest BCUT2D eigenvalue weighted by molar-refractivity contribution is 0.385. The molecule has 2 N–H and O–H groups in total. The Morgan fingerprint density at radius 3 is 2.83 bits per heavy atom. The van der Waals surface area contributed by atoms with Gasteiger partial charge in [0.05, 0.1) is 24.7 Å². The molecule has 0 aliphatic carbocycles. The summed E-state index contributed by atoms with van der Waals surface area (Å²) < 4.78 is 65.5. The molecule has 3 aromatic heterocycles. The minimum Gasteiger partial charge on any atom is -0.480 e. The van der Waals surface area contributed by atoms with Gasteiger partial charge >= 0.3 is 0 Å². The first-order chi connectivity index (χ1) is 17.3. The van der Waals surface area contributed by atoms with Crippen LogP contribution in [0.15, 0.2) is 48.0 Å². The minimum absolute atomic E-state index is 0.0244. The lowest BCUT2D eigenvalue weighted by atomic mass is 9.89. The molecule has 184 valence electrons. The Balaban J connectivity index is 1.47. The highest BCUT2D eigenvalue weighted by Gasteiger charge is 2.30. The smallest absolute Gasteiger partial charge is 0.267 e. The first kappa shape index (κ1) is 23.4. The molecule has 10 nitrogen and oxygen atoms in total. The maximum Gasteiger partial charge on any atom is 0.267 e. The van der Waals surface area contributed by atoms with Gasteiger partial charge in [-0.15, -0.1) is 0 Å². The molecule has 4 aromatic rings. The van der Waals surface area contributed by atoms with Crippen molar-refractivity contribution in [3.63, 3.8) is 0 Å². The Morgan fingerprint density at radius 2 is 2.11 bits per heavy atom. The van der Waals surface area contributed by atoms with Crippen LogP contribution in [0, 0.1) is 23.0 Å². The topological polar surface area (TPSA) is 139 Å². The number of fused-ring (bicyclic) bond motifs is 1. The van der Waals surface area contributed by atoms with E-state index in [1.807, 2.05) is 4.57 Å². The molecule has 0 unspecified atom stereocenters. The molecule has 0 radical (unpaired) electrons. The van der Waals surface area contributed by atoms with Crippen LogP contribution >= 0.6 is 0 Å². The number of nitrogens with zero attached hydrogens (tertiary/aromatic N) is 5. The SMILES string of the molecule is COc1ncc(C#N)cc1S(=O)(=O)Nc1ccc(F)c([C@H]2CCc3c(-c4ncc[nH]4)ncn3C2)c1F. The van der Waals surface area contributed by atoms with E-state index in [2.05, 4.69) is 24.7 Å². The number of anilines is 1. The zero-order valence-electron chi connectivity index (χ0n) is 18.9. The Bertz CT molecular complexity index is 1590. The molecule has 0 fully saturated rings. The number of ether oxygens (including phenoxy) is 1. The molecule has 0 saturated carbocycles. The second kappa shape index (κ2) is 9.04. The molecular weight excluding hydrogens is 492 g/mol. The fourth-order valence-electron chi connectivity index (χ4n) is 4.36. The van der Waals surface area contributed by atoms with Crippen molar-refractivity contribution >= 4 is 15.7 Å². The van der Waals surface area contributed by atoms with Crippen molar-refractivity contribution in [1.82, 2.24) is 24.5 Å². The maximum absolute atomic E-state index is 15.6. The number of aromatic amines is 1. The van der Waals surface area contributed by atoms with E-state index < -0.39 is 38.2 Å². The lowest BCUT2D eigenvalue weighted by Crippen LogP contribution is -2.22. The van der Waals surface area contributed by atoms with Crippen LogP contribution < -0.4 is 9.46 Å². The number of imidazole rings is 2. The maximum atomic E-state index is 15.6. The van der Waals surface area contributed by atoms with Gasteiger partial charge in [-0.1, -0.05) is 0 Å². The number of hydrogen-bond acceptors (Lipinski definition) is 7. The number of pyridine rings is 1. The highest BCUT2D eigenvalue weighted by molar-refractivity contribution is 7.92. The van der Waals surface area contributed by atoms with Gasteiger partial charge in [0.25, 0.3) is 10.0 Å². The number of aromatic nitrogens is 5. The minimum atomic E-state index is -4.42. The van der Waals surface area contributed by atoms with E-state index in [0.717, 1.165) is 30.1 Å². The van der Waals surface area contributed by atoms with Gasteiger partial charge in [0.1, 0.15) is 17.6 Å². The molecule has 13 heteroatoms. The van der Waals surface area contributed by atoms with E-state index in [0.29, 0.717) is 24.4 Å². The molecule has 0 saturated heterocycles. The molecule has 1 aromatic carbocycles. The third kappa shape index (κ3) is 4.05. The van der Waals surface area contributed by atoms with Crippen LogP contribution in [0.5, 0.6) is 5.88 Å². The van der Waals surface area contributed by atoms with Crippen LogP contribution in [0.1, 0.15) is 29.2 Å². The summed E-state index contributed by atoms with van der Waals surface area (Å²) >= 11 is 0. The molecule has 1 atom stereocenters. The quantitative estimate of drug-likeness (QED) is 0.405. The van der Waals surface area contributed by atoms with Crippen molar-refractivity contribution in [2.45, 2.75) is 30.2 Å². The second-order valence-corrected chi connectivity index (χ2v) is 9.79. The van der Waals surface area contributed by atoms with Crippen molar-refractivity contribution < 1.29 is 21.9 Å². The molecule has 1 aliphatic heterocycles. The number of hydrogen-bond donors (Lipinski definition) is 2. The number of nitriles is 1. The van der Waals surface area contributed by atoms with Crippen molar-refractivity contribution in [3.8, 4) is 23.5 Å². The Labute approximate surface area is 204 Å². The van der Waals surface area contributed by atoms with Crippen LogP contribution in [-0.4, -0.2) is 40.0 Å². The number of nitrogens with one attached hydrogen (secondary N) is 2. The van der Waals surface area contributed by atoms with E-state index in [4.69, 9.17) is 10.00 Å². The molecule has 36 heavy (non-hydrogen) atoms. The van der Waals surface area contributed by atoms with Gasteiger partial charge in [-0.3, -0.25) is 4.72 Å². The number of methoxy groups -OCH3 is 1. The van der Waals surface area contributed by atoms with Crippen LogP contribution in [0.25, 0.3) is 11.5 Å². The molecule has 4 heterocycles. The highest BCUT2D eigenvalue weighted by Crippen LogP contribution is 2.37. The first-order valence-corrected chi connectivity index (χ1v) is 12.3. The number of benzene rings is 1. The number of H-pyrrole nitrogens is 1. The summed E-state index contributed by atoms with van der Waals surface area (Å²) in [5.41, 5.74) is 0.913. The molecule has 1 aliphatic rings. The van der Waals surface area contributed by atoms with Gasteiger partial charge < -0.3 is 14.3 Å². The van der Waals surface area contributed by atoms with Gasteiger partial charge in [0.2, 0.25) is 5.88 Å². The van der Waals surface area contributed by atoms with Crippen LogP contribution in [0.2, 0.25) is 0 Å². The zero-order chi connectivity index (χ0) is 25.4. The van der Waals surface area contributed by atoms with E-state index in [-0.39, 0.29) is 23.6 Å². The van der Waals surface area contributed by atoms with Gasteiger partial charge in [-0.05, 0) is 31.0 Å². The molecule has 5 rings (SSSR count). The molecule has 0 spiro atoms. The van der Waals surface area contributed by atoms with Crippen molar-refractivity contribution in [3.05, 3.63) is 71.6 Å². The van der Waals surface area contributed by atoms with Gasteiger partial charge in [-0.25, -0.2) is 32.2 Å². The summed E-state index contributed by atoms with van der Waals surface area (Å²) in [5.74, 6) is -2.00. The van der Waals surface area contributed by atoms with E-state index >= 15 is 4.39 Å². The molecule has 0 bridgehead atoms. The van der Waals surface area contributed by atoms with Crippen LogP contribution in [0.3, 0.4) is 0 Å². The Hall–Kier alpha value is -4.31. The van der Waals surface area contributed by atoms with Gasteiger partial charge in [0.15, 0.2) is 16.5 Å². The molecule has 0 amide bonds. The van der Waals surface area contributed by atoms with Crippen LogP contribution in [-0.2, 0) is 23.0 Å². The number of sulfonamides is 1. The van der Waals surface area contributed by atoms with Crippen molar-refractivity contribution in [1.29, 1.82) is 5.26 Å². The first-order valence-electron chi connectivity index (χ1n) is 10.8. The number of halogens is 2. The molecular formula is C23H19F2N7O3S. The zero-order valence-corrected chi connectivity index (χ0v) is 19.7. The fourth-order valence-corrected chi connectivity index (χ4v) is 5.56. The third-order valence-corrected chi connectivity index (χ3v) is 7.38. The average Bonchev–Trinajstić information content (AvgIpc) is 3.55. The normalized spacial score (nSPS) is 15.2. The van der Waals surface area contributed by atoms with Crippen molar-refractivity contribution in [2.24, 2.45) is 0 Å².